The molecule has 0 bridgehead atoms. The van der Waals surface area contributed by atoms with Crippen LogP contribution in [-0.4, -0.2) is 24.3 Å². The monoisotopic (exact) mass is 387 g/mol. The first kappa shape index (κ1) is 20.8. The molecule has 0 aliphatic carbocycles. The summed E-state index contributed by atoms with van der Waals surface area (Å²) in [7, 11) is 0. The highest BCUT2D eigenvalue weighted by Crippen LogP contribution is 2.17. The largest absolute Gasteiger partial charge is 0.456 e. The van der Waals surface area contributed by atoms with E-state index in [0.717, 1.165) is 16.9 Å². The molecule has 1 aromatic heterocycles. The van der Waals surface area contributed by atoms with Crippen LogP contribution in [0.25, 0.3) is 0 Å². The van der Waals surface area contributed by atoms with E-state index in [0.29, 0.717) is 4.88 Å². The highest BCUT2D eigenvalue weighted by atomic mass is 32.1. The Morgan fingerprint density at radius 2 is 1.78 bits per heavy atom. The number of thiophene rings is 1. The van der Waals surface area contributed by atoms with Gasteiger partial charge in [0, 0.05) is 11.3 Å². The molecule has 144 valence electrons. The zero-order chi connectivity index (χ0) is 19.8. The lowest BCUT2D eigenvalue weighted by molar-refractivity contribution is -0.148. The zero-order valence-electron chi connectivity index (χ0n) is 15.9. The number of ether oxygens (including phenoxy) is 1. The molecule has 1 atom stereocenters. The van der Waals surface area contributed by atoms with Crippen LogP contribution in [0, 0.1) is 6.92 Å². The molecule has 0 fully saturated rings. The molecule has 1 heterocycles. The third kappa shape index (κ3) is 6.64. The Labute approximate surface area is 163 Å². The molecule has 0 spiro atoms. The number of ketones is 1. The van der Waals surface area contributed by atoms with Gasteiger partial charge in [0.15, 0.2) is 12.4 Å². The molecule has 0 saturated heterocycles. The van der Waals surface area contributed by atoms with Gasteiger partial charge in [-0.05, 0) is 43.5 Å². The van der Waals surface area contributed by atoms with Crippen molar-refractivity contribution in [3.05, 3.63) is 57.3 Å². The van der Waals surface area contributed by atoms with E-state index < -0.39 is 5.97 Å². The smallest absolute Gasteiger partial charge is 0.306 e. The van der Waals surface area contributed by atoms with Crippen LogP contribution in [0.4, 0.5) is 0 Å². The number of rotatable bonds is 9. The standard InChI is InChI=1S/C21H25NO4S/c1-4-16-6-8-17(9-7-16)15(3)22-20(24)13-26-21(25)12-10-18(23)19-11-5-14(2)27-19/h5-9,11,15H,4,10,12-13H2,1-3H3,(H,22,24)/t15-/m1/s1. The van der Waals surface area contributed by atoms with E-state index in [1.165, 1.54) is 16.9 Å². The summed E-state index contributed by atoms with van der Waals surface area (Å²) in [6, 6.07) is 11.5. The predicted octanol–water partition coefficient (Wildman–Crippen LogP) is 4.00. The van der Waals surface area contributed by atoms with Crippen LogP contribution in [0.3, 0.4) is 0 Å². The summed E-state index contributed by atoms with van der Waals surface area (Å²) in [5.74, 6) is -0.999. The Hall–Kier alpha value is -2.47. The quantitative estimate of drug-likeness (QED) is 0.521. The fourth-order valence-corrected chi connectivity index (χ4v) is 3.38. The maximum absolute atomic E-state index is 12.0. The van der Waals surface area contributed by atoms with Crippen LogP contribution in [0.1, 0.15) is 58.4 Å². The van der Waals surface area contributed by atoms with Crippen molar-refractivity contribution in [2.24, 2.45) is 0 Å². The molecule has 1 amide bonds. The van der Waals surface area contributed by atoms with Gasteiger partial charge in [0.2, 0.25) is 0 Å². The number of carbonyl (C=O) groups is 3. The summed E-state index contributed by atoms with van der Waals surface area (Å²) < 4.78 is 4.97. The Morgan fingerprint density at radius 3 is 2.37 bits per heavy atom. The van der Waals surface area contributed by atoms with E-state index in [-0.39, 0.29) is 37.2 Å². The van der Waals surface area contributed by atoms with Gasteiger partial charge in [-0.25, -0.2) is 0 Å². The van der Waals surface area contributed by atoms with Crippen LogP contribution < -0.4 is 5.32 Å². The SMILES string of the molecule is CCc1ccc([C@@H](C)NC(=O)COC(=O)CCC(=O)c2ccc(C)s2)cc1. The fraction of sp³-hybridized carbons (Fsp3) is 0.381. The maximum Gasteiger partial charge on any atom is 0.306 e. The summed E-state index contributed by atoms with van der Waals surface area (Å²) >= 11 is 1.41. The van der Waals surface area contributed by atoms with E-state index in [4.69, 9.17) is 4.74 Å². The van der Waals surface area contributed by atoms with Crippen molar-refractivity contribution in [2.75, 3.05) is 6.61 Å². The van der Waals surface area contributed by atoms with Crippen molar-refractivity contribution in [3.8, 4) is 0 Å². The molecule has 2 aromatic rings. The number of aryl methyl sites for hydroxylation is 2. The molecule has 6 heteroatoms. The number of carbonyl (C=O) groups excluding carboxylic acids is 3. The van der Waals surface area contributed by atoms with Crippen LogP contribution in [0.2, 0.25) is 0 Å². The summed E-state index contributed by atoms with van der Waals surface area (Å²) in [6.07, 6.45) is 1.02. The van der Waals surface area contributed by atoms with Crippen LogP contribution >= 0.6 is 11.3 Å². The maximum atomic E-state index is 12.0. The first-order valence-corrected chi connectivity index (χ1v) is 9.84. The average molecular weight is 388 g/mol. The molecule has 5 nitrogen and oxygen atoms in total. The van der Waals surface area contributed by atoms with Crippen molar-refractivity contribution in [3.63, 3.8) is 0 Å². The number of hydrogen-bond acceptors (Lipinski definition) is 5. The van der Waals surface area contributed by atoms with Gasteiger partial charge in [-0.2, -0.15) is 0 Å². The van der Waals surface area contributed by atoms with E-state index in [1.54, 1.807) is 6.07 Å². The van der Waals surface area contributed by atoms with Gasteiger partial charge in [-0.3, -0.25) is 14.4 Å². The minimum Gasteiger partial charge on any atom is -0.456 e. The van der Waals surface area contributed by atoms with Gasteiger partial charge in [0.05, 0.1) is 17.3 Å². The molecule has 0 aliphatic rings. The molecular weight excluding hydrogens is 362 g/mol. The van der Waals surface area contributed by atoms with Crippen molar-refractivity contribution in [1.82, 2.24) is 5.32 Å². The molecule has 2 rings (SSSR count). The number of nitrogens with one attached hydrogen (secondary N) is 1. The van der Waals surface area contributed by atoms with E-state index in [1.807, 2.05) is 44.2 Å². The lowest BCUT2D eigenvalue weighted by Gasteiger charge is -2.15. The van der Waals surface area contributed by atoms with Gasteiger partial charge >= 0.3 is 5.97 Å². The highest BCUT2D eigenvalue weighted by molar-refractivity contribution is 7.14. The van der Waals surface area contributed by atoms with Gasteiger partial charge in [0.1, 0.15) is 0 Å². The minimum absolute atomic E-state index is 0.0307. The lowest BCUT2D eigenvalue weighted by Crippen LogP contribution is -2.31. The normalized spacial score (nSPS) is 11.7. The minimum atomic E-state index is -0.549. The third-order valence-electron chi connectivity index (χ3n) is 4.20. The van der Waals surface area contributed by atoms with Crippen LogP contribution in [0.15, 0.2) is 36.4 Å². The fourth-order valence-electron chi connectivity index (χ4n) is 2.55. The van der Waals surface area contributed by atoms with Gasteiger partial charge in [-0.15, -0.1) is 11.3 Å². The highest BCUT2D eigenvalue weighted by Gasteiger charge is 2.14. The third-order valence-corrected chi connectivity index (χ3v) is 5.24. The Morgan fingerprint density at radius 1 is 1.07 bits per heavy atom. The molecule has 0 unspecified atom stereocenters. The van der Waals surface area contributed by atoms with Crippen molar-refractivity contribution in [1.29, 1.82) is 0 Å². The second-order valence-corrected chi connectivity index (χ2v) is 7.67. The second-order valence-electron chi connectivity index (χ2n) is 6.38. The van der Waals surface area contributed by atoms with Crippen LogP contribution in [-0.2, 0) is 20.7 Å². The van der Waals surface area contributed by atoms with Crippen molar-refractivity contribution < 1.29 is 19.1 Å². The lowest BCUT2D eigenvalue weighted by atomic mass is 10.1. The molecular formula is C21H25NO4S. The molecule has 0 aliphatic heterocycles. The van der Waals surface area contributed by atoms with Gasteiger partial charge in [0.25, 0.3) is 5.91 Å². The Balaban J connectivity index is 1.70. The number of Topliss-reactive ketones (excluding diaryl/α,β-unsaturated/α-hetero) is 1. The summed E-state index contributed by atoms with van der Waals surface area (Å²) in [4.78, 5) is 37.4. The van der Waals surface area contributed by atoms with Crippen LogP contribution in [0.5, 0.6) is 0 Å². The summed E-state index contributed by atoms with van der Waals surface area (Å²) in [5, 5.41) is 2.80. The Kier molecular flexibility index (Phi) is 7.73. The number of amides is 1. The van der Waals surface area contributed by atoms with E-state index in [2.05, 4.69) is 12.2 Å². The first-order valence-electron chi connectivity index (χ1n) is 9.02. The molecule has 0 saturated carbocycles. The summed E-state index contributed by atoms with van der Waals surface area (Å²) in [6.45, 7) is 5.54. The van der Waals surface area contributed by atoms with Crippen molar-refractivity contribution in [2.45, 2.75) is 46.1 Å². The number of hydrogen-bond donors (Lipinski definition) is 1. The number of esters is 1. The topological polar surface area (TPSA) is 72.5 Å². The molecule has 0 radical (unpaired) electrons. The van der Waals surface area contributed by atoms with E-state index >= 15 is 0 Å². The molecule has 27 heavy (non-hydrogen) atoms. The van der Waals surface area contributed by atoms with Crippen molar-refractivity contribution >= 4 is 29.0 Å². The van der Waals surface area contributed by atoms with E-state index in [9.17, 15) is 14.4 Å². The predicted molar refractivity (Wildman–Crippen MR) is 106 cm³/mol. The Bertz CT molecular complexity index is 795. The van der Waals surface area contributed by atoms with Gasteiger partial charge < -0.3 is 10.1 Å². The average Bonchev–Trinajstić information content (AvgIpc) is 3.11. The molecule has 1 aromatic carbocycles. The molecule has 1 N–H and O–H groups in total. The first-order chi connectivity index (χ1) is 12.9. The van der Waals surface area contributed by atoms with Gasteiger partial charge in [-0.1, -0.05) is 31.2 Å². The summed E-state index contributed by atoms with van der Waals surface area (Å²) in [5.41, 5.74) is 2.22. The second kappa shape index (κ2) is 10.0. The number of benzene rings is 1. The zero-order valence-corrected chi connectivity index (χ0v) is 16.7.